The Morgan fingerprint density at radius 2 is 2.00 bits per heavy atom. The molecule has 1 heterocycles. The van der Waals surface area contributed by atoms with Crippen LogP contribution in [0.1, 0.15) is 27.7 Å². The van der Waals surface area contributed by atoms with Gasteiger partial charge in [-0.3, -0.25) is 9.69 Å². The van der Waals surface area contributed by atoms with Gasteiger partial charge in [0, 0.05) is 31.7 Å². The first-order chi connectivity index (χ1) is 7.04. The van der Waals surface area contributed by atoms with E-state index in [2.05, 4.69) is 29.4 Å². The van der Waals surface area contributed by atoms with E-state index in [0.29, 0.717) is 18.6 Å². The molecule has 1 aliphatic rings. The van der Waals surface area contributed by atoms with Gasteiger partial charge in [-0.15, -0.1) is 0 Å². The number of piperazine rings is 1. The second kappa shape index (κ2) is 5.47. The standard InChI is InChI=1S/C11H23N3O/c1-5-12-11(15)10(4)14-6-8(2)13-9(3)7-14/h8-10,13H,5-7H2,1-4H3,(H,12,15). The number of carbonyl (C=O) groups excluding carboxylic acids is 1. The van der Waals surface area contributed by atoms with E-state index >= 15 is 0 Å². The minimum Gasteiger partial charge on any atom is -0.355 e. The lowest BCUT2D eigenvalue weighted by atomic mass is 10.1. The van der Waals surface area contributed by atoms with Gasteiger partial charge >= 0.3 is 0 Å². The SMILES string of the molecule is CCNC(=O)C(C)N1CC(C)NC(C)C1. The first-order valence-corrected chi connectivity index (χ1v) is 5.82. The monoisotopic (exact) mass is 213 g/mol. The highest BCUT2D eigenvalue weighted by Gasteiger charge is 2.27. The van der Waals surface area contributed by atoms with Gasteiger partial charge < -0.3 is 10.6 Å². The Morgan fingerprint density at radius 1 is 1.47 bits per heavy atom. The Balaban J connectivity index is 2.51. The summed E-state index contributed by atoms with van der Waals surface area (Å²) in [5.74, 6) is 0.138. The van der Waals surface area contributed by atoms with Crippen LogP contribution in [0.2, 0.25) is 0 Å². The zero-order chi connectivity index (χ0) is 11.4. The van der Waals surface area contributed by atoms with E-state index in [0.717, 1.165) is 13.1 Å². The van der Waals surface area contributed by atoms with Gasteiger partial charge in [-0.05, 0) is 27.7 Å². The lowest BCUT2D eigenvalue weighted by molar-refractivity contribution is -0.126. The number of carbonyl (C=O) groups is 1. The number of amides is 1. The molecule has 0 saturated carbocycles. The van der Waals surface area contributed by atoms with Gasteiger partial charge in [0.1, 0.15) is 0 Å². The highest BCUT2D eigenvalue weighted by molar-refractivity contribution is 5.81. The first kappa shape index (κ1) is 12.5. The summed E-state index contributed by atoms with van der Waals surface area (Å²) in [6.07, 6.45) is 0. The van der Waals surface area contributed by atoms with Crippen molar-refractivity contribution in [2.24, 2.45) is 0 Å². The van der Waals surface area contributed by atoms with Crippen LogP contribution in [-0.4, -0.2) is 48.6 Å². The molecule has 1 amide bonds. The van der Waals surface area contributed by atoms with Crippen LogP contribution in [0.4, 0.5) is 0 Å². The highest BCUT2D eigenvalue weighted by Crippen LogP contribution is 2.08. The van der Waals surface area contributed by atoms with Crippen molar-refractivity contribution < 1.29 is 4.79 Å². The van der Waals surface area contributed by atoms with Crippen LogP contribution in [0.3, 0.4) is 0 Å². The number of nitrogens with one attached hydrogen (secondary N) is 2. The molecule has 1 fully saturated rings. The van der Waals surface area contributed by atoms with Gasteiger partial charge in [-0.1, -0.05) is 0 Å². The Hall–Kier alpha value is -0.610. The smallest absolute Gasteiger partial charge is 0.237 e. The average Bonchev–Trinajstić information content (AvgIpc) is 2.15. The van der Waals surface area contributed by atoms with Crippen LogP contribution in [0.25, 0.3) is 0 Å². The van der Waals surface area contributed by atoms with Crippen molar-refractivity contribution in [1.82, 2.24) is 15.5 Å². The molecule has 1 aliphatic heterocycles. The van der Waals surface area contributed by atoms with Crippen molar-refractivity contribution >= 4 is 5.91 Å². The summed E-state index contributed by atoms with van der Waals surface area (Å²) in [4.78, 5) is 13.9. The minimum absolute atomic E-state index is 0.0167. The number of rotatable bonds is 3. The molecule has 15 heavy (non-hydrogen) atoms. The maximum atomic E-state index is 11.7. The molecule has 0 bridgehead atoms. The van der Waals surface area contributed by atoms with Gasteiger partial charge in [-0.2, -0.15) is 0 Å². The Kier molecular flexibility index (Phi) is 4.54. The van der Waals surface area contributed by atoms with Crippen molar-refractivity contribution in [3.8, 4) is 0 Å². The molecule has 0 aromatic heterocycles. The summed E-state index contributed by atoms with van der Waals surface area (Å²) in [6, 6.07) is 0.910. The summed E-state index contributed by atoms with van der Waals surface area (Å²) >= 11 is 0. The third-order valence-corrected chi connectivity index (χ3v) is 2.86. The summed E-state index contributed by atoms with van der Waals surface area (Å²) in [5, 5.41) is 6.33. The summed E-state index contributed by atoms with van der Waals surface area (Å²) < 4.78 is 0. The molecule has 1 saturated heterocycles. The molecule has 0 aromatic carbocycles. The molecule has 1 rings (SSSR count). The van der Waals surface area contributed by atoms with Crippen LogP contribution < -0.4 is 10.6 Å². The molecule has 3 unspecified atom stereocenters. The van der Waals surface area contributed by atoms with Gasteiger partial charge in [0.15, 0.2) is 0 Å². The summed E-state index contributed by atoms with van der Waals surface area (Å²) in [7, 11) is 0. The number of nitrogens with zero attached hydrogens (tertiary/aromatic N) is 1. The molecule has 2 N–H and O–H groups in total. The van der Waals surface area contributed by atoms with E-state index in [9.17, 15) is 4.79 Å². The molecule has 88 valence electrons. The summed E-state index contributed by atoms with van der Waals surface area (Å²) in [6.45, 7) is 10.9. The molecule has 0 radical (unpaired) electrons. The van der Waals surface area contributed by atoms with Gasteiger partial charge in [0.25, 0.3) is 0 Å². The quantitative estimate of drug-likeness (QED) is 0.703. The van der Waals surface area contributed by atoms with Gasteiger partial charge in [0.05, 0.1) is 6.04 Å². The van der Waals surface area contributed by atoms with E-state index < -0.39 is 0 Å². The third-order valence-electron chi connectivity index (χ3n) is 2.86. The first-order valence-electron chi connectivity index (χ1n) is 5.82. The fourth-order valence-electron chi connectivity index (χ4n) is 2.17. The predicted molar refractivity (Wildman–Crippen MR) is 61.8 cm³/mol. The van der Waals surface area contributed by atoms with Crippen molar-refractivity contribution in [2.45, 2.75) is 45.8 Å². The van der Waals surface area contributed by atoms with E-state index in [1.54, 1.807) is 0 Å². The average molecular weight is 213 g/mol. The topological polar surface area (TPSA) is 44.4 Å². The maximum Gasteiger partial charge on any atom is 0.237 e. The normalized spacial score (nSPS) is 29.9. The molecular weight excluding hydrogens is 190 g/mol. The van der Waals surface area contributed by atoms with E-state index in [-0.39, 0.29) is 11.9 Å². The summed E-state index contributed by atoms with van der Waals surface area (Å²) in [5.41, 5.74) is 0. The number of likely N-dealkylation sites (N-methyl/N-ethyl adjacent to an activating group) is 1. The molecule has 0 aromatic rings. The molecule has 0 spiro atoms. The van der Waals surface area contributed by atoms with Gasteiger partial charge in [-0.25, -0.2) is 0 Å². The van der Waals surface area contributed by atoms with E-state index in [1.165, 1.54) is 0 Å². The van der Waals surface area contributed by atoms with E-state index in [4.69, 9.17) is 0 Å². The minimum atomic E-state index is -0.0167. The van der Waals surface area contributed by atoms with Crippen LogP contribution in [0.5, 0.6) is 0 Å². The lowest BCUT2D eigenvalue weighted by Crippen LogP contribution is -2.59. The van der Waals surface area contributed by atoms with E-state index in [1.807, 2.05) is 13.8 Å². The van der Waals surface area contributed by atoms with Crippen LogP contribution >= 0.6 is 0 Å². The lowest BCUT2D eigenvalue weighted by Gasteiger charge is -2.38. The van der Waals surface area contributed by atoms with Crippen LogP contribution in [0, 0.1) is 0 Å². The zero-order valence-corrected chi connectivity index (χ0v) is 10.2. The maximum absolute atomic E-state index is 11.7. The Bertz CT molecular complexity index is 210. The van der Waals surface area contributed by atoms with Crippen LogP contribution in [0.15, 0.2) is 0 Å². The fraction of sp³-hybridized carbons (Fsp3) is 0.909. The predicted octanol–water partition coefficient (Wildman–Crippen LogP) is 0.193. The van der Waals surface area contributed by atoms with Crippen molar-refractivity contribution in [1.29, 1.82) is 0 Å². The van der Waals surface area contributed by atoms with Gasteiger partial charge in [0.2, 0.25) is 5.91 Å². The fourth-order valence-corrected chi connectivity index (χ4v) is 2.17. The second-order valence-corrected chi connectivity index (χ2v) is 4.49. The highest BCUT2D eigenvalue weighted by atomic mass is 16.2. The largest absolute Gasteiger partial charge is 0.355 e. The zero-order valence-electron chi connectivity index (χ0n) is 10.2. The molecule has 3 atom stereocenters. The van der Waals surface area contributed by atoms with Crippen molar-refractivity contribution in [3.05, 3.63) is 0 Å². The van der Waals surface area contributed by atoms with Crippen molar-refractivity contribution in [2.75, 3.05) is 19.6 Å². The molecular formula is C11H23N3O. The molecule has 4 nitrogen and oxygen atoms in total. The molecule has 4 heteroatoms. The third kappa shape index (κ3) is 3.47. The Labute approximate surface area is 92.4 Å². The van der Waals surface area contributed by atoms with Crippen LogP contribution in [-0.2, 0) is 4.79 Å². The Morgan fingerprint density at radius 3 is 2.47 bits per heavy atom. The number of hydrogen-bond donors (Lipinski definition) is 2. The second-order valence-electron chi connectivity index (χ2n) is 4.49. The number of hydrogen-bond acceptors (Lipinski definition) is 3. The van der Waals surface area contributed by atoms with Crippen molar-refractivity contribution in [3.63, 3.8) is 0 Å². The molecule has 0 aliphatic carbocycles.